The summed E-state index contributed by atoms with van der Waals surface area (Å²) in [6.07, 6.45) is 1.19. The lowest BCUT2D eigenvalue weighted by molar-refractivity contribution is 0.102. The van der Waals surface area contributed by atoms with Crippen LogP contribution < -0.4 is 10.1 Å². The van der Waals surface area contributed by atoms with Gasteiger partial charge in [-0.05, 0) is 43.0 Å². The lowest BCUT2D eigenvalue weighted by Crippen LogP contribution is -2.37. The number of thiophene rings is 1. The van der Waals surface area contributed by atoms with Crippen LogP contribution in [0.4, 0.5) is 4.79 Å². The average molecular weight is 301 g/mol. The number of fused-ring (bicyclic) bond motifs is 1. The summed E-state index contributed by atoms with van der Waals surface area (Å²) >= 11 is 1.18. The zero-order valence-electron chi connectivity index (χ0n) is 11.6. The van der Waals surface area contributed by atoms with Gasteiger partial charge < -0.3 is 10.1 Å². The fourth-order valence-electron chi connectivity index (χ4n) is 2.51. The smallest absolute Gasteiger partial charge is 0.399 e. The Morgan fingerprint density at radius 1 is 1.14 bits per heavy atom. The van der Waals surface area contributed by atoms with Gasteiger partial charge in [-0.1, -0.05) is 35.6 Å². The van der Waals surface area contributed by atoms with Crippen LogP contribution in [-0.2, 0) is 12.8 Å². The van der Waals surface area contributed by atoms with Crippen LogP contribution in [0.3, 0.4) is 0 Å². The molecule has 0 radical (unpaired) electrons. The Kier molecular flexibility index (Phi) is 3.75. The SMILES string of the molecule is CC(=O)c1ccc(OC(=O)NC2Cc3ccccc3C2)s1. The van der Waals surface area contributed by atoms with Gasteiger partial charge in [-0.2, -0.15) is 0 Å². The Hall–Kier alpha value is -2.14. The highest BCUT2D eigenvalue weighted by Gasteiger charge is 2.23. The minimum Gasteiger partial charge on any atom is -0.399 e. The molecule has 0 bridgehead atoms. The molecule has 0 unspecified atom stereocenters. The first kappa shape index (κ1) is 13.8. The number of carbonyl (C=O) groups is 2. The minimum absolute atomic E-state index is 0.0264. The molecule has 1 N–H and O–H groups in total. The summed E-state index contributed by atoms with van der Waals surface area (Å²) in [7, 11) is 0. The monoisotopic (exact) mass is 301 g/mol. The second-order valence-corrected chi connectivity index (χ2v) is 6.13. The van der Waals surface area contributed by atoms with Gasteiger partial charge >= 0.3 is 6.09 Å². The van der Waals surface area contributed by atoms with E-state index >= 15 is 0 Å². The van der Waals surface area contributed by atoms with Crippen molar-refractivity contribution >= 4 is 23.2 Å². The predicted octanol–water partition coefficient (Wildman–Crippen LogP) is 3.21. The summed E-state index contributed by atoms with van der Waals surface area (Å²) < 4.78 is 5.22. The number of Topliss-reactive ketones (excluding diaryl/α,β-unsaturated/α-hetero) is 1. The van der Waals surface area contributed by atoms with E-state index in [0.29, 0.717) is 9.94 Å². The van der Waals surface area contributed by atoms with Gasteiger partial charge in [0.25, 0.3) is 0 Å². The van der Waals surface area contributed by atoms with Crippen molar-refractivity contribution in [2.45, 2.75) is 25.8 Å². The summed E-state index contributed by atoms with van der Waals surface area (Å²) in [5.41, 5.74) is 2.55. The largest absolute Gasteiger partial charge is 0.413 e. The Labute approximate surface area is 126 Å². The number of hydrogen-bond acceptors (Lipinski definition) is 4. The van der Waals surface area contributed by atoms with Crippen LogP contribution in [0.1, 0.15) is 27.7 Å². The molecule has 0 atom stereocenters. The molecular formula is C16H15NO3S. The van der Waals surface area contributed by atoms with Gasteiger partial charge in [-0.15, -0.1) is 0 Å². The zero-order valence-corrected chi connectivity index (χ0v) is 12.4. The molecule has 2 aromatic rings. The van der Waals surface area contributed by atoms with E-state index in [4.69, 9.17) is 4.74 Å². The van der Waals surface area contributed by atoms with Gasteiger partial charge in [0.1, 0.15) is 0 Å². The fourth-order valence-corrected chi connectivity index (χ4v) is 3.26. The molecule has 0 aliphatic heterocycles. The maximum Gasteiger partial charge on any atom is 0.413 e. The first-order valence-electron chi connectivity index (χ1n) is 6.78. The molecule has 0 saturated heterocycles. The number of nitrogens with one attached hydrogen (secondary N) is 1. The molecule has 0 saturated carbocycles. The van der Waals surface area contributed by atoms with Crippen molar-refractivity contribution in [2.75, 3.05) is 0 Å². The maximum atomic E-state index is 11.9. The number of rotatable bonds is 3. The minimum atomic E-state index is -0.468. The third kappa shape index (κ3) is 3.13. The van der Waals surface area contributed by atoms with Crippen LogP contribution in [0.15, 0.2) is 36.4 Å². The highest BCUT2D eigenvalue weighted by molar-refractivity contribution is 7.15. The first-order valence-corrected chi connectivity index (χ1v) is 7.59. The Morgan fingerprint density at radius 3 is 2.38 bits per heavy atom. The molecule has 0 fully saturated rings. The summed E-state index contributed by atoms with van der Waals surface area (Å²) in [6.45, 7) is 1.49. The van der Waals surface area contributed by atoms with Gasteiger partial charge in [0.15, 0.2) is 10.8 Å². The van der Waals surface area contributed by atoms with E-state index in [9.17, 15) is 9.59 Å². The van der Waals surface area contributed by atoms with E-state index in [1.165, 1.54) is 29.4 Å². The van der Waals surface area contributed by atoms with Gasteiger partial charge in [-0.3, -0.25) is 4.79 Å². The molecule has 0 spiro atoms. The summed E-state index contributed by atoms with van der Waals surface area (Å²) in [4.78, 5) is 23.7. The molecule has 1 aromatic heterocycles. The summed E-state index contributed by atoms with van der Waals surface area (Å²) in [5.74, 6) is -0.0264. The van der Waals surface area contributed by atoms with E-state index in [1.54, 1.807) is 12.1 Å². The number of amides is 1. The van der Waals surface area contributed by atoms with Crippen molar-refractivity contribution < 1.29 is 14.3 Å². The van der Waals surface area contributed by atoms with Crippen LogP contribution in [0.2, 0.25) is 0 Å². The average Bonchev–Trinajstić information content (AvgIpc) is 3.04. The van der Waals surface area contributed by atoms with Gasteiger partial charge in [0, 0.05) is 6.04 Å². The Balaban J connectivity index is 1.57. The molecule has 1 amide bonds. The van der Waals surface area contributed by atoms with Crippen LogP contribution in [0.5, 0.6) is 5.06 Å². The normalized spacial score (nSPS) is 13.8. The predicted molar refractivity (Wildman–Crippen MR) is 81.1 cm³/mol. The van der Waals surface area contributed by atoms with Crippen molar-refractivity contribution in [1.29, 1.82) is 0 Å². The highest BCUT2D eigenvalue weighted by atomic mass is 32.1. The topological polar surface area (TPSA) is 55.4 Å². The van der Waals surface area contributed by atoms with Crippen LogP contribution in [0.25, 0.3) is 0 Å². The molecule has 4 nitrogen and oxygen atoms in total. The van der Waals surface area contributed by atoms with E-state index in [0.717, 1.165) is 12.8 Å². The second kappa shape index (κ2) is 5.69. The number of hydrogen-bond donors (Lipinski definition) is 1. The zero-order chi connectivity index (χ0) is 14.8. The fraction of sp³-hybridized carbons (Fsp3) is 0.250. The molecule has 3 rings (SSSR count). The number of carbonyl (C=O) groups excluding carboxylic acids is 2. The quantitative estimate of drug-likeness (QED) is 0.886. The molecule has 1 aliphatic carbocycles. The molecule has 21 heavy (non-hydrogen) atoms. The number of ether oxygens (including phenoxy) is 1. The third-order valence-electron chi connectivity index (χ3n) is 3.49. The van der Waals surface area contributed by atoms with Gasteiger partial charge in [0.2, 0.25) is 0 Å². The lowest BCUT2D eigenvalue weighted by Gasteiger charge is -2.11. The van der Waals surface area contributed by atoms with Crippen molar-refractivity contribution in [3.8, 4) is 5.06 Å². The van der Waals surface area contributed by atoms with Crippen LogP contribution >= 0.6 is 11.3 Å². The molecule has 5 heteroatoms. The van der Waals surface area contributed by atoms with E-state index < -0.39 is 6.09 Å². The number of benzene rings is 1. The molecular weight excluding hydrogens is 286 g/mol. The van der Waals surface area contributed by atoms with Crippen LogP contribution in [-0.4, -0.2) is 17.9 Å². The van der Waals surface area contributed by atoms with Gasteiger partial charge in [0.05, 0.1) is 4.88 Å². The highest BCUT2D eigenvalue weighted by Crippen LogP contribution is 2.25. The van der Waals surface area contributed by atoms with E-state index in [1.807, 2.05) is 12.1 Å². The van der Waals surface area contributed by atoms with Crippen molar-refractivity contribution in [3.63, 3.8) is 0 Å². The summed E-state index contributed by atoms with van der Waals surface area (Å²) in [6, 6.07) is 11.6. The number of ketones is 1. The molecule has 108 valence electrons. The maximum absolute atomic E-state index is 11.9. The van der Waals surface area contributed by atoms with Crippen LogP contribution in [0, 0.1) is 0 Å². The molecule has 1 aliphatic rings. The summed E-state index contributed by atoms with van der Waals surface area (Å²) in [5, 5.41) is 3.31. The van der Waals surface area contributed by atoms with Crippen molar-refractivity contribution in [3.05, 3.63) is 52.4 Å². The molecule has 1 heterocycles. The Morgan fingerprint density at radius 2 is 1.81 bits per heavy atom. The van der Waals surface area contributed by atoms with Gasteiger partial charge in [-0.25, -0.2) is 4.79 Å². The van der Waals surface area contributed by atoms with E-state index in [-0.39, 0.29) is 11.8 Å². The van der Waals surface area contributed by atoms with E-state index in [2.05, 4.69) is 17.4 Å². The Bertz CT molecular complexity index is 667. The standard InChI is InChI=1S/C16H15NO3S/c1-10(18)14-6-7-15(21-14)20-16(19)17-13-8-11-4-2-3-5-12(11)9-13/h2-7,13H,8-9H2,1H3,(H,17,19). The van der Waals surface area contributed by atoms with Crippen molar-refractivity contribution in [1.82, 2.24) is 5.32 Å². The second-order valence-electron chi connectivity index (χ2n) is 5.08. The first-order chi connectivity index (χ1) is 10.1. The lowest BCUT2D eigenvalue weighted by atomic mass is 10.1. The molecule has 1 aromatic carbocycles. The third-order valence-corrected chi connectivity index (χ3v) is 4.56. The van der Waals surface area contributed by atoms with Crippen molar-refractivity contribution in [2.24, 2.45) is 0 Å².